The second-order valence-corrected chi connectivity index (χ2v) is 6.61. The molecule has 1 heterocycles. The van der Waals surface area contributed by atoms with E-state index >= 15 is 0 Å². The lowest BCUT2D eigenvalue weighted by atomic mass is 10.0. The molecule has 21 heavy (non-hydrogen) atoms. The van der Waals surface area contributed by atoms with Crippen LogP contribution in [-0.4, -0.2) is 9.97 Å². The zero-order valence-corrected chi connectivity index (χ0v) is 14.2. The molecule has 0 saturated heterocycles. The van der Waals surface area contributed by atoms with E-state index < -0.39 is 0 Å². The van der Waals surface area contributed by atoms with Crippen LogP contribution in [0.5, 0.6) is 0 Å². The van der Waals surface area contributed by atoms with Gasteiger partial charge in [-0.05, 0) is 30.2 Å². The van der Waals surface area contributed by atoms with E-state index in [0.717, 1.165) is 10.0 Å². The first kappa shape index (κ1) is 14.5. The summed E-state index contributed by atoms with van der Waals surface area (Å²) in [6.45, 7) is 1.74. The monoisotopic (exact) mass is 412 g/mol. The summed E-state index contributed by atoms with van der Waals surface area (Å²) in [7, 11) is 0. The summed E-state index contributed by atoms with van der Waals surface area (Å²) in [4.78, 5) is 16.4. The van der Waals surface area contributed by atoms with Crippen molar-refractivity contribution >= 4 is 42.9 Å². The minimum absolute atomic E-state index is 0.228. The fourth-order valence-electron chi connectivity index (χ4n) is 2.30. The molecular formula is C15H11Br2FN2O. The maximum Gasteiger partial charge on any atom is 0.323 e. The average molecular weight is 414 g/mol. The predicted octanol–water partition coefficient (Wildman–Crippen LogP) is 4.55. The van der Waals surface area contributed by atoms with Gasteiger partial charge in [-0.2, -0.15) is 0 Å². The van der Waals surface area contributed by atoms with Gasteiger partial charge in [0.1, 0.15) is 5.82 Å². The molecule has 0 saturated carbocycles. The molecular weight excluding hydrogens is 403 g/mol. The third kappa shape index (κ3) is 2.58. The van der Waals surface area contributed by atoms with Gasteiger partial charge in [-0.15, -0.1) is 0 Å². The fraction of sp³-hybridized carbons (Fsp3) is 0.133. The lowest BCUT2D eigenvalue weighted by Crippen LogP contribution is -2.00. The minimum atomic E-state index is -0.311. The van der Waals surface area contributed by atoms with E-state index in [1.54, 1.807) is 19.1 Å². The molecule has 1 aromatic heterocycles. The van der Waals surface area contributed by atoms with Crippen LogP contribution < -0.4 is 5.69 Å². The third-order valence-electron chi connectivity index (χ3n) is 3.40. The Hall–Kier alpha value is -1.40. The van der Waals surface area contributed by atoms with E-state index in [9.17, 15) is 9.18 Å². The van der Waals surface area contributed by atoms with Gasteiger partial charge in [-0.25, -0.2) is 9.18 Å². The number of imidazole rings is 1. The van der Waals surface area contributed by atoms with Crippen molar-refractivity contribution < 1.29 is 4.39 Å². The summed E-state index contributed by atoms with van der Waals surface area (Å²) < 4.78 is 15.1. The SMILES string of the molecule is Cc1cccc(C(Br)c2cc3[nH]c(=O)[nH]c3cc2Br)c1F. The van der Waals surface area contributed by atoms with Crippen molar-refractivity contribution in [3.63, 3.8) is 0 Å². The quantitative estimate of drug-likeness (QED) is 0.595. The van der Waals surface area contributed by atoms with E-state index in [4.69, 9.17) is 0 Å². The van der Waals surface area contributed by atoms with Gasteiger partial charge in [0.2, 0.25) is 0 Å². The maximum absolute atomic E-state index is 14.3. The van der Waals surface area contributed by atoms with Gasteiger partial charge in [0.15, 0.2) is 0 Å². The van der Waals surface area contributed by atoms with Crippen molar-refractivity contribution in [3.05, 3.63) is 67.8 Å². The van der Waals surface area contributed by atoms with Crippen LogP contribution in [0.15, 0.2) is 39.6 Å². The van der Waals surface area contributed by atoms with E-state index in [2.05, 4.69) is 41.8 Å². The van der Waals surface area contributed by atoms with Crippen molar-refractivity contribution in [1.82, 2.24) is 9.97 Å². The number of nitrogens with one attached hydrogen (secondary N) is 2. The molecule has 6 heteroatoms. The smallest absolute Gasteiger partial charge is 0.306 e. The van der Waals surface area contributed by atoms with Crippen LogP contribution in [0, 0.1) is 12.7 Å². The molecule has 1 unspecified atom stereocenters. The maximum atomic E-state index is 14.3. The Bertz CT molecular complexity index is 885. The summed E-state index contributed by atoms with van der Waals surface area (Å²) in [5.74, 6) is -0.228. The highest BCUT2D eigenvalue weighted by molar-refractivity contribution is 9.11. The van der Waals surface area contributed by atoms with E-state index in [-0.39, 0.29) is 16.3 Å². The molecule has 0 bridgehead atoms. The standard InChI is InChI=1S/C15H11Br2FN2O/c1-7-3-2-4-8(14(7)18)13(17)9-5-11-12(6-10(9)16)20-15(21)19-11/h2-6,13H,1H3,(H2,19,20,21). The fourth-order valence-corrected chi connectivity index (χ4v) is 3.91. The molecule has 0 amide bonds. The highest BCUT2D eigenvalue weighted by Gasteiger charge is 2.19. The van der Waals surface area contributed by atoms with Crippen LogP contribution in [0.2, 0.25) is 0 Å². The van der Waals surface area contributed by atoms with E-state index in [1.807, 2.05) is 18.2 Å². The number of alkyl halides is 1. The molecule has 0 aliphatic rings. The number of benzene rings is 2. The van der Waals surface area contributed by atoms with Gasteiger partial charge in [0.05, 0.1) is 15.9 Å². The molecule has 0 spiro atoms. The second kappa shape index (κ2) is 5.42. The van der Waals surface area contributed by atoms with Gasteiger partial charge in [0.25, 0.3) is 0 Å². The summed E-state index contributed by atoms with van der Waals surface area (Å²) >= 11 is 7.03. The van der Waals surface area contributed by atoms with E-state index in [1.165, 1.54) is 0 Å². The summed E-state index contributed by atoms with van der Waals surface area (Å²) in [5.41, 5.74) is 3.15. The Morgan fingerprint density at radius 1 is 1.14 bits per heavy atom. The molecule has 3 rings (SSSR count). The van der Waals surface area contributed by atoms with Gasteiger partial charge >= 0.3 is 5.69 Å². The van der Waals surface area contributed by atoms with Crippen molar-refractivity contribution in [3.8, 4) is 0 Å². The molecule has 0 aliphatic heterocycles. The minimum Gasteiger partial charge on any atom is -0.306 e. The number of hydrogen-bond donors (Lipinski definition) is 2. The molecule has 0 aliphatic carbocycles. The first-order chi connectivity index (χ1) is 9.97. The zero-order valence-electron chi connectivity index (χ0n) is 11.0. The number of aromatic amines is 2. The van der Waals surface area contributed by atoms with E-state index in [0.29, 0.717) is 22.2 Å². The lowest BCUT2D eigenvalue weighted by Gasteiger charge is -2.15. The Balaban J connectivity index is 2.16. The van der Waals surface area contributed by atoms with Gasteiger partial charge in [-0.3, -0.25) is 0 Å². The Morgan fingerprint density at radius 2 is 1.81 bits per heavy atom. The first-order valence-corrected chi connectivity index (χ1v) is 7.99. The van der Waals surface area contributed by atoms with Gasteiger partial charge in [-0.1, -0.05) is 50.1 Å². The number of rotatable bonds is 2. The Kier molecular flexibility index (Phi) is 3.75. The number of aryl methyl sites for hydroxylation is 1. The number of hydrogen-bond acceptors (Lipinski definition) is 1. The van der Waals surface area contributed by atoms with Crippen molar-refractivity contribution in [2.75, 3.05) is 0 Å². The number of H-pyrrole nitrogens is 2. The second-order valence-electron chi connectivity index (χ2n) is 4.84. The van der Waals surface area contributed by atoms with Crippen LogP contribution in [0.4, 0.5) is 4.39 Å². The molecule has 3 nitrogen and oxygen atoms in total. The topological polar surface area (TPSA) is 48.6 Å². The third-order valence-corrected chi connectivity index (χ3v) is 5.07. The molecule has 1 atom stereocenters. The molecule has 108 valence electrons. The highest BCUT2D eigenvalue weighted by atomic mass is 79.9. The van der Waals surface area contributed by atoms with Crippen LogP contribution >= 0.6 is 31.9 Å². The lowest BCUT2D eigenvalue weighted by molar-refractivity contribution is 0.604. The summed E-state index contributed by atoms with van der Waals surface area (Å²) in [6.07, 6.45) is 0. The Morgan fingerprint density at radius 3 is 2.52 bits per heavy atom. The molecule has 3 aromatic rings. The predicted molar refractivity (Wildman–Crippen MR) is 88.5 cm³/mol. The van der Waals surface area contributed by atoms with Gasteiger partial charge in [0, 0.05) is 10.0 Å². The van der Waals surface area contributed by atoms with Crippen LogP contribution in [0.1, 0.15) is 21.5 Å². The molecule has 2 N–H and O–H groups in total. The Labute approximate surface area is 136 Å². The van der Waals surface area contributed by atoms with Crippen molar-refractivity contribution in [2.45, 2.75) is 11.8 Å². The van der Waals surface area contributed by atoms with Crippen molar-refractivity contribution in [1.29, 1.82) is 0 Å². The van der Waals surface area contributed by atoms with Crippen LogP contribution in [-0.2, 0) is 0 Å². The largest absolute Gasteiger partial charge is 0.323 e. The zero-order chi connectivity index (χ0) is 15.1. The molecule has 0 radical (unpaired) electrons. The summed E-state index contributed by atoms with van der Waals surface area (Å²) in [6, 6.07) is 8.95. The molecule has 2 aromatic carbocycles. The average Bonchev–Trinajstić information content (AvgIpc) is 2.79. The molecule has 0 fully saturated rings. The van der Waals surface area contributed by atoms with Crippen LogP contribution in [0.3, 0.4) is 0 Å². The number of halogens is 3. The highest BCUT2D eigenvalue weighted by Crippen LogP contribution is 2.38. The number of fused-ring (bicyclic) bond motifs is 1. The van der Waals surface area contributed by atoms with Crippen LogP contribution in [0.25, 0.3) is 11.0 Å². The first-order valence-electron chi connectivity index (χ1n) is 6.28. The number of aromatic nitrogens is 2. The van der Waals surface area contributed by atoms with Gasteiger partial charge < -0.3 is 9.97 Å². The normalized spacial score (nSPS) is 12.8. The van der Waals surface area contributed by atoms with Crippen molar-refractivity contribution in [2.24, 2.45) is 0 Å². The summed E-state index contributed by atoms with van der Waals surface area (Å²) in [5, 5.41) is 0.